The highest BCUT2D eigenvalue weighted by Crippen LogP contribution is 2.17. The molecule has 0 bridgehead atoms. The third-order valence-corrected chi connectivity index (χ3v) is 4.27. The molecule has 0 spiro atoms. The lowest BCUT2D eigenvalue weighted by Crippen LogP contribution is -2.31. The first-order valence-corrected chi connectivity index (χ1v) is 8.86. The third kappa shape index (κ3) is 4.41. The Labute approximate surface area is 158 Å². The standard InChI is InChI=1S/C21H20ClN3O/c1-2-25(19-6-4-3-5-7-19)21(26)20-13-12-18(15-24-20)23-14-16-8-10-17(22)11-9-16/h3-13,15,23H,2,14H2,1H3. The van der Waals surface area contributed by atoms with Gasteiger partial charge >= 0.3 is 0 Å². The number of carbonyl (C=O) groups excluding carboxylic acids is 1. The van der Waals surface area contributed by atoms with Crippen molar-refractivity contribution in [2.75, 3.05) is 16.8 Å². The molecule has 0 saturated heterocycles. The number of pyridine rings is 1. The van der Waals surface area contributed by atoms with Crippen molar-refractivity contribution in [3.05, 3.63) is 89.2 Å². The molecule has 1 heterocycles. The van der Waals surface area contributed by atoms with E-state index in [-0.39, 0.29) is 5.91 Å². The van der Waals surface area contributed by atoms with Crippen LogP contribution >= 0.6 is 11.6 Å². The topological polar surface area (TPSA) is 45.2 Å². The van der Waals surface area contributed by atoms with Gasteiger partial charge in [-0.3, -0.25) is 4.79 Å². The molecule has 132 valence electrons. The SMILES string of the molecule is CCN(C(=O)c1ccc(NCc2ccc(Cl)cc2)cn1)c1ccccc1. The van der Waals surface area contributed by atoms with Gasteiger partial charge in [-0.1, -0.05) is 41.9 Å². The summed E-state index contributed by atoms with van der Waals surface area (Å²) < 4.78 is 0. The molecule has 3 aromatic rings. The zero-order valence-corrected chi connectivity index (χ0v) is 15.3. The lowest BCUT2D eigenvalue weighted by Gasteiger charge is -2.20. The van der Waals surface area contributed by atoms with Crippen molar-refractivity contribution in [1.29, 1.82) is 0 Å². The molecule has 3 rings (SSSR count). The molecule has 0 atom stereocenters. The highest BCUT2D eigenvalue weighted by atomic mass is 35.5. The second-order valence-electron chi connectivity index (χ2n) is 5.80. The Kier molecular flexibility index (Phi) is 5.87. The first-order chi connectivity index (χ1) is 12.7. The normalized spacial score (nSPS) is 10.4. The van der Waals surface area contributed by atoms with Crippen LogP contribution in [-0.4, -0.2) is 17.4 Å². The van der Waals surface area contributed by atoms with Crippen molar-refractivity contribution in [3.63, 3.8) is 0 Å². The lowest BCUT2D eigenvalue weighted by molar-refractivity contribution is 0.0983. The maximum absolute atomic E-state index is 12.7. The number of amides is 1. The molecule has 1 aromatic heterocycles. The fourth-order valence-electron chi connectivity index (χ4n) is 2.62. The van der Waals surface area contributed by atoms with E-state index in [9.17, 15) is 4.79 Å². The van der Waals surface area contributed by atoms with Crippen molar-refractivity contribution in [1.82, 2.24) is 4.98 Å². The number of nitrogens with one attached hydrogen (secondary N) is 1. The van der Waals surface area contributed by atoms with Gasteiger partial charge in [-0.2, -0.15) is 0 Å². The van der Waals surface area contributed by atoms with E-state index in [1.54, 1.807) is 17.2 Å². The summed E-state index contributed by atoms with van der Waals surface area (Å²) in [5.41, 5.74) is 3.27. The van der Waals surface area contributed by atoms with Gasteiger partial charge in [-0.15, -0.1) is 0 Å². The van der Waals surface area contributed by atoms with Gasteiger partial charge in [0.25, 0.3) is 5.91 Å². The Morgan fingerprint density at radius 1 is 1.04 bits per heavy atom. The molecule has 0 fully saturated rings. The Morgan fingerprint density at radius 2 is 1.77 bits per heavy atom. The summed E-state index contributed by atoms with van der Waals surface area (Å²) in [6.07, 6.45) is 1.68. The Morgan fingerprint density at radius 3 is 2.38 bits per heavy atom. The van der Waals surface area contributed by atoms with E-state index in [1.165, 1.54) is 0 Å². The van der Waals surface area contributed by atoms with Crippen LogP contribution in [0.2, 0.25) is 5.02 Å². The van der Waals surface area contributed by atoms with Gasteiger partial charge in [-0.25, -0.2) is 4.98 Å². The lowest BCUT2D eigenvalue weighted by atomic mass is 10.2. The molecule has 26 heavy (non-hydrogen) atoms. The number of para-hydroxylation sites is 1. The minimum absolute atomic E-state index is 0.108. The van der Waals surface area contributed by atoms with Crippen LogP contribution in [-0.2, 0) is 6.54 Å². The van der Waals surface area contributed by atoms with Crippen molar-refractivity contribution in [2.45, 2.75) is 13.5 Å². The minimum atomic E-state index is -0.108. The molecule has 1 N–H and O–H groups in total. The zero-order valence-electron chi connectivity index (χ0n) is 14.5. The maximum atomic E-state index is 12.7. The van der Waals surface area contributed by atoms with Gasteiger partial charge in [0.05, 0.1) is 11.9 Å². The zero-order chi connectivity index (χ0) is 18.4. The van der Waals surface area contributed by atoms with Crippen LogP contribution < -0.4 is 10.2 Å². The summed E-state index contributed by atoms with van der Waals surface area (Å²) in [6, 6.07) is 20.9. The van der Waals surface area contributed by atoms with E-state index in [1.807, 2.05) is 67.6 Å². The molecule has 2 aromatic carbocycles. The van der Waals surface area contributed by atoms with Gasteiger partial charge in [0.1, 0.15) is 5.69 Å². The van der Waals surface area contributed by atoms with Crippen LogP contribution in [0.1, 0.15) is 23.0 Å². The number of hydrogen-bond donors (Lipinski definition) is 1. The third-order valence-electron chi connectivity index (χ3n) is 4.02. The number of carbonyl (C=O) groups is 1. The number of hydrogen-bond acceptors (Lipinski definition) is 3. The number of anilines is 2. The van der Waals surface area contributed by atoms with E-state index in [4.69, 9.17) is 11.6 Å². The monoisotopic (exact) mass is 365 g/mol. The molecular formula is C21H20ClN3O. The van der Waals surface area contributed by atoms with E-state index >= 15 is 0 Å². The minimum Gasteiger partial charge on any atom is -0.380 e. The first-order valence-electron chi connectivity index (χ1n) is 8.48. The van der Waals surface area contributed by atoms with E-state index in [2.05, 4.69) is 10.3 Å². The molecule has 0 radical (unpaired) electrons. The highest BCUT2D eigenvalue weighted by Gasteiger charge is 2.16. The van der Waals surface area contributed by atoms with Crippen molar-refractivity contribution in [3.8, 4) is 0 Å². The van der Waals surface area contributed by atoms with E-state index in [0.717, 1.165) is 22.0 Å². The largest absolute Gasteiger partial charge is 0.380 e. The van der Waals surface area contributed by atoms with Gasteiger partial charge in [-0.05, 0) is 48.9 Å². The molecule has 0 aliphatic heterocycles. The second-order valence-corrected chi connectivity index (χ2v) is 6.23. The number of halogens is 1. The summed E-state index contributed by atoms with van der Waals surface area (Å²) >= 11 is 5.89. The fraction of sp³-hybridized carbons (Fsp3) is 0.143. The maximum Gasteiger partial charge on any atom is 0.276 e. The predicted molar refractivity (Wildman–Crippen MR) is 107 cm³/mol. The van der Waals surface area contributed by atoms with Crippen molar-refractivity contribution < 1.29 is 4.79 Å². The average molecular weight is 366 g/mol. The Bertz CT molecular complexity index is 849. The second kappa shape index (κ2) is 8.50. The number of aromatic nitrogens is 1. The number of rotatable bonds is 6. The summed E-state index contributed by atoms with van der Waals surface area (Å²) in [5, 5.41) is 4.01. The Balaban J connectivity index is 1.66. The molecule has 0 saturated carbocycles. The van der Waals surface area contributed by atoms with Gasteiger partial charge in [0.15, 0.2) is 0 Å². The number of benzene rings is 2. The average Bonchev–Trinajstić information content (AvgIpc) is 2.69. The van der Waals surface area contributed by atoms with Crippen LogP contribution in [0.15, 0.2) is 72.9 Å². The van der Waals surface area contributed by atoms with Crippen LogP contribution in [0.3, 0.4) is 0 Å². The van der Waals surface area contributed by atoms with Gasteiger partial charge in [0, 0.05) is 23.8 Å². The van der Waals surface area contributed by atoms with Crippen molar-refractivity contribution in [2.24, 2.45) is 0 Å². The molecular weight excluding hydrogens is 346 g/mol. The quantitative estimate of drug-likeness (QED) is 0.667. The van der Waals surface area contributed by atoms with Crippen LogP contribution in [0.4, 0.5) is 11.4 Å². The van der Waals surface area contributed by atoms with Crippen LogP contribution in [0, 0.1) is 0 Å². The van der Waals surface area contributed by atoms with E-state index in [0.29, 0.717) is 18.8 Å². The summed E-state index contributed by atoms with van der Waals surface area (Å²) in [5.74, 6) is -0.108. The molecule has 0 aliphatic carbocycles. The molecule has 0 aliphatic rings. The summed E-state index contributed by atoms with van der Waals surface area (Å²) in [6.45, 7) is 3.20. The van der Waals surface area contributed by atoms with Crippen LogP contribution in [0.25, 0.3) is 0 Å². The first kappa shape index (κ1) is 18.0. The van der Waals surface area contributed by atoms with Gasteiger partial charge in [0.2, 0.25) is 0 Å². The highest BCUT2D eigenvalue weighted by molar-refractivity contribution is 6.30. The fourth-order valence-corrected chi connectivity index (χ4v) is 2.75. The summed E-state index contributed by atoms with van der Waals surface area (Å²) in [4.78, 5) is 18.8. The van der Waals surface area contributed by atoms with Crippen molar-refractivity contribution >= 4 is 28.9 Å². The molecule has 1 amide bonds. The van der Waals surface area contributed by atoms with Crippen LogP contribution in [0.5, 0.6) is 0 Å². The van der Waals surface area contributed by atoms with Gasteiger partial charge < -0.3 is 10.2 Å². The predicted octanol–water partition coefficient (Wildman–Crippen LogP) is 5.01. The Hall–Kier alpha value is -2.85. The smallest absolute Gasteiger partial charge is 0.276 e. The molecule has 4 nitrogen and oxygen atoms in total. The van der Waals surface area contributed by atoms with E-state index < -0.39 is 0 Å². The molecule has 0 unspecified atom stereocenters. The summed E-state index contributed by atoms with van der Waals surface area (Å²) in [7, 11) is 0. The molecule has 5 heteroatoms. The number of nitrogens with zero attached hydrogens (tertiary/aromatic N) is 2.